The average molecular weight is 316 g/mol. The van der Waals surface area contributed by atoms with Crippen LogP contribution in [0.5, 0.6) is 5.75 Å². The highest BCUT2D eigenvalue weighted by Gasteiger charge is 2.39. The molecule has 0 spiro atoms. The summed E-state index contributed by atoms with van der Waals surface area (Å²) in [7, 11) is 0. The molecule has 0 amide bonds. The van der Waals surface area contributed by atoms with Crippen molar-refractivity contribution in [2.75, 3.05) is 6.61 Å². The third kappa shape index (κ3) is 2.93. The predicted molar refractivity (Wildman–Crippen MR) is 85.8 cm³/mol. The van der Waals surface area contributed by atoms with E-state index in [0.29, 0.717) is 22.4 Å². The second-order valence-corrected chi connectivity index (χ2v) is 6.45. The summed E-state index contributed by atoms with van der Waals surface area (Å²) in [5.41, 5.74) is 7.67. The lowest BCUT2D eigenvalue weighted by molar-refractivity contribution is 0.222. The van der Waals surface area contributed by atoms with Crippen molar-refractivity contribution in [1.29, 1.82) is 0 Å². The van der Waals surface area contributed by atoms with Gasteiger partial charge in [-0.1, -0.05) is 43.0 Å². The highest BCUT2D eigenvalue weighted by atomic mass is 35.5. The minimum Gasteiger partial charge on any atom is -0.492 e. The Morgan fingerprint density at radius 3 is 2.40 bits per heavy atom. The van der Waals surface area contributed by atoms with Crippen LogP contribution in [0.25, 0.3) is 0 Å². The average Bonchev–Trinajstić information content (AvgIpc) is 2.92. The summed E-state index contributed by atoms with van der Waals surface area (Å²) < 4.78 is 5.47. The molecule has 1 unspecified atom stereocenters. The number of hydrogen-bond acceptors (Lipinski definition) is 2. The fraction of sp³-hybridized carbons (Fsp3) is 0.625. The maximum Gasteiger partial charge on any atom is 0.139 e. The largest absolute Gasteiger partial charge is 0.492 e. The summed E-state index contributed by atoms with van der Waals surface area (Å²) in [5, 5.41) is 1.25. The van der Waals surface area contributed by atoms with Crippen molar-refractivity contribution in [3.05, 3.63) is 27.7 Å². The molecule has 0 radical (unpaired) electrons. The predicted octanol–water partition coefficient (Wildman–Crippen LogP) is 5.36. The van der Waals surface area contributed by atoms with Gasteiger partial charge in [0.2, 0.25) is 0 Å². The van der Waals surface area contributed by atoms with Crippen LogP contribution in [0.4, 0.5) is 0 Å². The van der Waals surface area contributed by atoms with Crippen LogP contribution >= 0.6 is 23.2 Å². The number of benzene rings is 1. The van der Waals surface area contributed by atoms with Gasteiger partial charge in [0.15, 0.2) is 0 Å². The van der Waals surface area contributed by atoms with Gasteiger partial charge in [-0.3, -0.25) is 0 Å². The lowest BCUT2D eigenvalue weighted by Gasteiger charge is -2.35. The maximum absolute atomic E-state index is 6.56. The summed E-state index contributed by atoms with van der Waals surface area (Å²) in [6, 6.07) is 3.62. The first-order valence-corrected chi connectivity index (χ1v) is 8.17. The van der Waals surface area contributed by atoms with Crippen molar-refractivity contribution in [1.82, 2.24) is 0 Å². The molecule has 4 heteroatoms. The normalized spacial score (nSPS) is 19.1. The van der Waals surface area contributed by atoms with Gasteiger partial charge >= 0.3 is 0 Å². The summed E-state index contributed by atoms with van der Waals surface area (Å²) in [5.74, 6) is 0.632. The van der Waals surface area contributed by atoms with Crippen LogP contribution in [0.1, 0.15) is 57.6 Å². The Morgan fingerprint density at radius 2 is 1.85 bits per heavy atom. The zero-order valence-electron chi connectivity index (χ0n) is 12.2. The molecule has 112 valence electrons. The van der Waals surface area contributed by atoms with Gasteiger partial charge < -0.3 is 10.5 Å². The lowest BCUT2D eigenvalue weighted by Crippen LogP contribution is -2.32. The van der Waals surface area contributed by atoms with E-state index in [1.54, 1.807) is 6.07 Å². The smallest absolute Gasteiger partial charge is 0.139 e. The second kappa shape index (κ2) is 6.55. The van der Waals surface area contributed by atoms with E-state index >= 15 is 0 Å². The van der Waals surface area contributed by atoms with Crippen LogP contribution in [0, 0.1) is 5.41 Å². The van der Waals surface area contributed by atoms with Crippen molar-refractivity contribution in [3.63, 3.8) is 0 Å². The van der Waals surface area contributed by atoms with Crippen molar-refractivity contribution in [3.8, 4) is 5.75 Å². The van der Waals surface area contributed by atoms with Crippen molar-refractivity contribution >= 4 is 23.2 Å². The van der Waals surface area contributed by atoms with Crippen molar-refractivity contribution in [2.24, 2.45) is 11.1 Å². The van der Waals surface area contributed by atoms with E-state index < -0.39 is 0 Å². The summed E-state index contributed by atoms with van der Waals surface area (Å²) in [6.45, 7) is 4.71. The van der Waals surface area contributed by atoms with Crippen molar-refractivity contribution < 1.29 is 4.74 Å². The fourth-order valence-corrected chi connectivity index (χ4v) is 3.84. The molecule has 1 aliphatic carbocycles. The Morgan fingerprint density at radius 1 is 1.20 bits per heavy atom. The first-order chi connectivity index (χ1) is 9.54. The van der Waals surface area contributed by atoms with Gasteiger partial charge in [0.25, 0.3) is 0 Å². The van der Waals surface area contributed by atoms with E-state index in [1.165, 1.54) is 25.7 Å². The number of rotatable bonds is 5. The number of halogens is 2. The molecule has 0 saturated heterocycles. The first kappa shape index (κ1) is 15.9. The highest BCUT2D eigenvalue weighted by Crippen LogP contribution is 2.50. The van der Waals surface area contributed by atoms with E-state index in [2.05, 4.69) is 6.92 Å². The highest BCUT2D eigenvalue weighted by molar-refractivity contribution is 6.34. The van der Waals surface area contributed by atoms with Gasteiger partial charge in [-0.25, -0.2) is 0 Å². The minimum absolute atomic E-state index is 0.0596. The van der Waals surface area contributed by atoms with Crippen LogP contribution in [0.15, 0.2) is 12.1 Å². The van der Waals surface area contributed by atoms with Gasteiger partial charge in [-0.2, -0.15) is 0 Å². The molecule has 2 N–H and O–H groups in total. The quantitative estimate of drug-likeness (QED) is 0.793. The first-order valence-electron chi connectivity index (χ1n) is 7.41. The Balaban J connectivity index is 2.34. The van der Waals surface area contributed by atoms with E-state index in [1.807, 2.05) is 13.0 Å². The number of nitrogens with two attached hydrogens (primary N) is 1. The van der Waals surface area contributed by atoms with Crippen LogP contribution in [0.3, 0.4) is 0 Å². The molecule has 1 aliphatic rings. The maximum atomic E-state index is 6.56. The molecule has 2 nitrogen and oxygen atoms in total. The molecule has 1 aromatic carbocycles. The van der Waals surface area contributed by atoms with Gasteiger partial charge in [0.1, 0.15) is 5.75 Å². The molecule has 1 aromatic rings. The summed E-state index contributed by atoms with van der Waals surface area (Å²) in [6.07, 6.45) is 5.93. The van der Waals surface area contributed by atoms with Gasteiger partial charge in [-0.05, 0) is 43.2 Å². The Hall–Kier alpha value is -0.440. The molecule has 2 rings (SSSR count). The van der Waals surface area contributed by atoms with Crippen LogP contribution in [-0.2, 0) is 0 Å². The van der Waals surface area contributed by atoms with Crippen LogP contribution in [-0.4, -0.2) is 6.61 Å². The molecule has 0 aliphatic heterocycles. The van der Waals surface area contributed by atoms with Gasteiger partial charge in [-0.15, -0.1) is 0 Å². The standard InChI is InChI=1S/C16H23Cl2NO/c1-3-16(7-5-6-8-16)15(19)11-9-13(18)14(20-4-2)10-12(11)17/h9-10,15H,3-8,19H2,1-2H3. The molecule has 1 fully saturated rings. The molecule has 0 heterocycles. The topological polar surface area (TPSA) is 35.2 Å². The van der Waals surface area contributed by atoms with E-state index in [-0.39, 0.29) is 11.5 Å². The minimum atomic E-state index is -0.0596. The fourth-order valence-electron chi connectivity index (χ4n) is 3.34. The van der Waals surface area contributed by atoms with E-state index in [4.69, 9.17) is 33.7 Å². The zero-order valence-corrected chi connectivity index (χ0v) is 13.7. The van der Waals surface area contributed by atoms with Gasteiger partial charge in [0, 0.05) is 17.1 Å². The summed E-state index contributed by atoms with van der Waals surface area (Å²) in [4.78, 5) is 0. The third-order valence-electron chi connectivity index (χ3n) is 4.65. The second-order valence-electron chi connectivity index (χ2n) is 5.64. The van der Waals surface area contributed by atoms with E-state index in [0.717, 1.165) is 12.0 Å². The van der Waals surface area contributed by atoms with Crippen molar-refractivity contribution in [2.45, 2.75) is 52.0 Å². The van der Waals surface area contributed by atoms with Crippen LogP contribution < -0.4 is 10.5 Å². The third-order valence-corrected chi connectivity index (χ3v) is 5.27. The molecule has 1 atom stereocenters. The van der Waals surface area contributed by atoms with Gasteiger partial charge in [0.05, 0.1) is 11.6 Å². The Bertz CT molecular complexity index is 470. The molecule has 0 bridgehead atoms. The zero-order chi connectivity index (χ0) is 14.8. The van der Waals surface area contributed by atoms with Crippen LogP contribution in [0.2, 0.25) is 10.0 Å². The number of ether oxygens (including phenoxy) is 1. The van der Waals surface area contributed by atoms with E-state index in [9.17, 15) is 0 Å². The summed E-state index contributed by atoms with van der Waals surface area (Å²) >= 11 is 12.7. The Labute approximate surface area is 131 Å². The number of hydrogen-bond donors (Lipinski definition) is 1. The monoisotopic (exact) mass is 315 g/mol. The SMILES string of the molecule is CCOc1cc(Cl)c(C(N)C2(CC)CCCC2)cc1Cl. The molecule has 20 heavy (non-hydrogen) atoms. The molecule has 1 saturated carbocycles. The molecular weight excluding hydrogens is 293 g/mol. The molecule has 0 aromatic heterocycles. The Kier molecular flexibility index (Phi) is 5.22. The lowest BCUT2D eigenvalue weighted by atomic mass is 9.74. The molecular formula is C16H23Cl2NO.